The summed E-state index contributed by atoms with van der Waals surface area (Å²) in [5.41, 5.74) is 3.26. The van der Waals surface area contributed by atoms with Crippen molar-refractivity contribution in [2.45, 2.75) is 89.4 Å². The van der Waals surface area contributed by atoms with Crippen LogP contribution in [0.5, 0.6) is 11.5 Å². The summed E-state index contributed by atoms with van der Waals surface area (Å²) in [4.78, 5) is 3.15. The van der Waals surface area contributed by atoms with Crippen LogP contribution in [0, 0.1) is 13.8 Å². The first-order valence-corrected chi connectivity index (χ1v) is 15.5. The number of pyridine rings is 1. The molecule has 6 nitrogen and oxygen atoms in total. The lowest BCUT2D eigenvalue weighted by molar-refractivity contribution is 0.229. The normalized spacial score (nSPS) is 12.1. The van der Waals surface area contributed by atoms with Crippen LogP contribution < -0.4 is 9.47 Å². The molecule has 0 atom stereocenters. The van der Waals surface area contributed by atoms with Gasteiger partial charge in [-0.05, 0) is 81.9 Å². The van der Waals surface area contributed by atoms with E-state index in [2.05, 4.69) is 18.7 Å². The van der Waals surface area contributed by atoms with Gasteiger partial charge in [0.05, 0.1) is 24.1 Å². The summed E-state index contributed by atoms with van der Waals surface area (Å²) in [6, 6.07) is 6.86. The molecule has 0 aliphatic carbocycles. The van der Waals surface area contributed by atoms with Crippen LogP contribution in [-0.4, -0.2) is 51.1 Å². The first-order valence-electron chi connectivity index (χ1n) is 14.0. The van der Waals surface area contributed by atoms with Crippen molar-refractivity contribution in [3.05, 3.63) is 53.3 Å². The molecule has 0 fully saturated rings. The molecule has 0 radical (unpaired) electrons. The summed E-state index contributed by atoms with van der Waals surface area (Å²) in [6.45, 7) is 16.3. The molecule has 210 valence electrons. The van der Waals surface area contributed by atoms with Crippen LogP contribution >= 0.6 is 0 Å². The average molecular weight is 543 g/mol. The van der Waals surface area contributed by atoms with E-state index in [1.165, 1.54) is 25.7 Å². The van der Waals surface area contributed by atoms with Crippen molar-refractivity contribution >= 4 is 15.4 Å². The van der Waals surface area contributed by atoms with E-state index in [0.29, 0.717) is 28.5 Å². The van der Waals surface area contributed by atoms with Crippen molar-refractivity contribution in [2.24, 2.45) is 0 Å². The lowest BCUT2D eigenvalue weighted by Gasteiger charge is -2.21. The highest BCUT2D eigenvalue weighted by Crippen LogP contribution is 2.39. The zero-order chi connectivity index (χ0) is 27.9. The molecule has 0 saturated heterocycles. The Bertz CT molecular complexity index is 1290. The van der Waals surface area contributed by atoms with Gasteiger partial charge in [-0.1, -0.05) is 40.5 Å². The molecule has 0 bridgehead atoms. The van der Waals surface area contributed by atoms with Crippen LogP contribution in [0.25, 0.3) is 5.52 Å². The Morgan fingerprint density at radius 3 is 2.08 bits per heavy atom. The number of hydrogen-bond acceptors (Lipinski definition) is 5. The van der Waals surface area contributed by atoms with Gasteiger partial charge in [-0.2, -0.15) is 0 Å². The molecule has 3 aromatic rings. The molecule has 3 rings (SSSR count). The maximum atomic E-state index is 14.0. The van der Waals surface area contributed by atoms with Gasteiger partial charge in [0.1, 0.15) is 16.4 Å². The smallest absolute Gasteiger partial charge is 0.209 e. The second-order valence-electron chi connectivity index (χ2n) is 10.5. The van der Waals surface area contributed by atoms with Gasteiger partial charge >= 0.3 is 0 Å². The van der Waals surface area contributed by atoms with Gasteiger partial charge in [0, 0.05) is 30.1 Å². The SMILES string of the molecule is CCCCN(CCCC)CCCOc1ccc(S(=O)(=O)c2c(C(C)C)cn3cc(C)c(OC)c(C)c23)cc1. The fourth-order valence-corrected chi connectivity index (χ4v) is 6.92. The Kier molecular flexibility index (Phi) is 10.7. The lowest BCUT2D eigenvalue weighted by Crippen LogP contribution is -2.28. The number of ether oxygens (including phenoxy) is 2. The number of nitrogens with zero attached hydrogens (tertiary/aromatic N) is 2. The zero-order valence-corrected chi connectivity index (χ0v) is 25.2. The maximum Gasteiger partial charge on any atom is 0.209 e. The molecular formula is C31H46N2O4S. The minimum atomic E-state index is -3.77. The quantitative estimate of drug-likeness (QED) is 0.190. The molecule has 0 amide bonds. The Balaban J connectivity index is 1.80. The van der Waals surface area contributed by atoms with Gasteiger partial charge in [-0.15, -0.1) is 0 Å². The summed E-state index contributed by atoms with van der Waals surface area (Å²) < 4.78 is 41.5. The minimum Gasteiger partial charge on any atom is -0.496 e. The van der Waals surface area contributed by atoms with E-state index in [1.807, 2.05) is 44.5 Å². The summed E-state index contributed by atoms with van der Waals surface area (Å²) in [7, 11) is -2.14. The van der Waals surface area contributed by atoms with E-state index >= 15 is 0 Å². The number of aryl methyl sites for hydroxylation is 2. The van der Waals surface area contributed by atoms with Crippen LogP contribution in [0.2, 0.25) is 0 Å². The predicted octanol–water partition coefficient (Wildman–Crippen LogP) is 7.19. The third-order valence-corrected chi connectivity index (χ3v) is 9.03. The van der Waals surface area contributed by atoms with Crippen LogP contribution in [0.3, 0.4) is 0 Å². The summed E-state index contributed by atoms with van der Waals surface area (Å²) in [5, 5.41) is 0. The lowest BCUT2D eigenvalue weighted by atomic mass is 10.1. The fraction of sp³-hybridized carbons (Fsp3) is 0.548. The number of hydrogen-bond donors (Lipinski definition) is 0. The highest BCUT2D eigenvalue weighted by atomic mass is 32.2. The number of sulfone groups is 1. The number of methoxy groups -OCH3 is 1. The average Bonchev–Trinajstić information content (AvgIpc) is 3.29. The molecule has 0 aliphatic heterocycles. The van der Waals surface area contributed by atoms with Crippen LogP contribution in [0.1, 0.15) is 82.4 Å². The first-order chi connectivity index (χ1) is 18.1. The van der Waals surface area contributed by atoms with Crippen molar-refractivity contribution < 1.29 is 17.9 Å². The number of unbranched alkanes of at least 4 members (excludes halogenated alkanes) is 2. The Morgan fingerprint density at radius 1 is 0.921 bits per heavy atom. The standard InChI is InChI=1S/C31H46N2O4S/c1-8-10-17-32(18-11-9-2)19-12-20-37-26-13-15-27(16-14-26)38(34,35)31-28(23(3)4)22-33-21-24(5)30(36-7)25(6)29(31)33/h13-16,21-23H,8-12,17-20H2,1-7H3. The fourth-order valence-electron chi connectivity index (χ4n) is 5.08. The number of benzene rings is 1. The summed E-state index contributed by atoms with van der Waals surface area (Å²) in [6.07, 6.45) is 9.69. The van der Waals surface area contributed by atoms with E-state index in [9.17, 15) is 8.42 Å². The number of fused-ring (bicyclic) bond motifs is 1. The van der Waals surface area contributed by atoms with Crippen LogP contribution in [0.15, 0.2) is 46.5 Å². The summed E-state index contributed by atoms with van der Waals surface area (Å²) in [5.74, 6) is 1.45. The number of rotatable bonds is 15. The van der Waals surface area contributed by atoms with E-state index in [1.54, 1.807) is 31.4 Å². The van der Waals surface area contributed by atoms with Crippen LogP contribution in [-0.2, 0) is 9.84 Å². The molecule has 0 unspecified atom stereocenters. The van der Waals surface area contributed by atoms with Gasteiger partial charge in [0.2, 0.25) is 9.84 Å². The molecule has 2 aromatic heterocycles. The monoisotopic (exact) mass is 542 g/mol. The molecular weight excluding hydrogens is 496 g/mol. The molecule has 1 aromatic carbocycles. The minimum absolute atomic E-state index is 0.0437. The summed E-state index contributed by atoms with van der Waals surface area (Å²) >= 11 is 0. The van der Waals surface area contributed by atoms with Crippen molar-refractivity contribution in [2.75, 3.05) is 33.4 Å². The zero-order valence-electron chi connectivity index (χ0n) is 24.3. The molecule has 0 saturated carbocycles. The molecule has 38 heavy (non-hydrogen) atoms. The molecule has 0 spiro atoms. The van der Waals surface area contributed by atoms with E-state index in [4.69, 9.17) is 9.47 Å². The second kappa shape index (κ2) is 13.5. The molecule has 2 heterocycles. The van der Waals surface area contributed by atoms with Crippen molar-refractivity contribution in [1.82, 2.24) is 9.30 Å². The second-order valence-corrected chi connectivity index (χ2v) is 12.4. The highest BCUT2D eigenvalue weighted by Gasteiger charge is 2.29. The predicted molar refractivity (Wildman–Crippen MR) is 156 cm³/mol. The molecule has 0 aliphatic rings. The van der Waals surface area contributed by atoms with Gasteiger partial charge < -0.3 is 18.8 Å². The molecule has 7 heteroatoms. The number of aromatic nitrogens is 1. The highest BCUT2D eigenvalue weighted by molar-refractivity contribution is 7.91. The molecule has 0 N–H and O–H groups in total. The van der Waals surface area contributed by atoms with Gasteiger partial charge in [-0.25, -0.2) is 8.42 Å². The van der Waals surface area contributed by atoms with Gasteiger partial charge in [0.25, 0.3) is 0 Å². The Labute approximate surface area is 229 Å². The van der Waals surface area contributed by atoms with Crippen LogP contribution in [0.4, 0.5) is 0 Å². The third kappa shape index (κ3) is 6.73. The van der Waals surface area contributed by atoms with Crippen molar-refractivity contribution in [1.29, 1.82) is 0 Å². The maximum absolute atomic E-state index is 14.0. The largest absolute Gasteiger partial charge is 0.496 e. The van der Waals surface area contributed by atoms with E-state index in [0.717, 1.165) is 42.7 Å². The van der Waals surface area contributed by atoms with E-state index < -0.39 is 9.84 Å². The van der Waals surface area contributed by atoms with E-state index in [-0.39, 0.29) is 10.8 Å². The topological polar surface area (TPSA) is 60.2 Å². The van der Waals surface area contributed by atoms with Gasteiger partial charge in [-0.3, -0.25) is 0 Å². The third-order valence-electron chi connectivity index (χ3n) is 7.17. The van der Waals surface area contributed by atoms with Crippen molar-refractivity contribution in [3.63, 3.8) is 0 Å². The Morgan fingerprint density at radius 2 is 1.53 bits per heavy atom. The first kappa shape index (κ1) is 30.0. The van der Waals surface area contributed by atoms with Crippen molar-refractivity contribution in [3.8, 4) is 11.5 Å². The van der Waals surface area contributed by atoms with Gasteiger partial charge in [0.15, 0.2) is 0 Å². The Hall–Kier alpha value is -2.51.